The summed E-state index contributed by atoms with van der Waals surface area (Å²) in [6.07, 6.45) is 5.46. The molecule has 0 spiro atoms. The second-order valence-electron chi connectivity index (χ2n) is 2.30. The average Bonchev–Trinajstić information content (AvgIpc) is 2.04. The summed E-state index contributed by atoms with van der Waals surface area (Å²) in [5, 5.41) is 2.21. The summed E-state index contributed by atoms with van der Waals surface area (Å²) in [7, 11) is 0. The van der Waals surface area contributed by atoms with E-state index >= 15 is 0 Å². The number of aromatic nitrogens is 2. The lowest BCUT2D eigenvalue weighted by atomic mass is 10.2. The lowest BCUT2D eigenvalue weighted by Crippen LogP contribution is -1.77. The number of nitrogens with zero attached hydrogens (tertiary/aromatic N) is 1. The molecule has 0 aliphatic carbocycles. The first kappa shape index (κ1) is 6.49. The van der Waals surface area contributed by atoms with Gasteiger partial charge in [0.2, 0.25) is 0 Å². The van der Waals surface area contributed by atoms with Crippen LogP contribution in [0.2, 0.25) is 0 Å². The number of hydrogen-bond donors (Lipinski definition) is 1. The summed E-state index contributed by atoms with van der Waals surface area (Å²) in [6, 6.07) is 3.85. The summed E-state index contributed by atoms with van der Waals surface area (Å²) in [5.41, 5.74) is 0. The second-order valence-corrected chi connectivity index (χ2v) is 2.74. The summed E-state index contributed by atoms with van der Waals surface area (Å²) in [4.78, 5) is 6.96. The van der Waals surface area contributed by atoms with Gasteiger partial charge in [-0.3, -0.25) is 4.98 Å². The van der Waals surface area contributed by atoms with E-state index in [0.29, 0.717) is 0 Å². The standard InChI is InChI=1S/C8H6N2S/c11-8-3-7-4-9-2-1-6(7)5-10-8/h1-5H,(H,10,11). The Bertz CT molecular complexity index is 433. The van der Waals surface area contributed by atoms with Gasteiger partial charge in [-0.1, -0.05) is 12.2 Å². The van der Waals surface area contributed by atoms with E-state index in [9.17, 15) is 0 Å². The first-order valence-corrected chi connectivity index (χ1v) is 3.69. The number of fused-ring (bicyclic) bond motifs is 1. The van der Waals surface area contributed by atoms with E-state index in [0.717, 1.165) is 15.4 Å². The molecule has 11 heavy (non-hydrogen) atoms. The van der Waals surface area contributed by atoms with Gasteiger partial charge in [-0.05, 0) is 12.1 Å². The zero-order valence-corrected chi connectivity index (χ0v) is 6.56. The van der Waals surface area contributed by atoms with E-state index in [1.54, 1.807) is 12.4 Å². The highest BCUT2D eigenvalue weighted by Crippen LogP contribution is 2.09. The zero-order valence-electron chi connectivity index (χ0n) is 5.74. The quantitative estimate of drug-likeness (QED) is 0.602. The maximum absolute atomic E-state index is 4.96. The molecule has 0 saturated carbocycles. The molecule has 0 bridgehead atoms. The third kappa shape index (κ3) is 1.14. The highest BCUT2D eigenvalue weighted by Gasteiger charge is 1.88. The van der Waals surface area contributed by atoms with Crippen molar-refractivity contribution in [2.45, 2.75) is 0 Å². The van der Waals surface area contributed by atoms with Gasteiger partial charge in [-0.15, -0.1) is 0 Å². The molecule has 1 N–H and O–H groups in total. The fourth-order valence-corrected chi connectivity index (χ4v) is 1.19. The topological polar surface area (TPSA) is 28.7 Å². The Morgan fingerprint density at radius 2 is 2.27 bits per heavy atom. The Hall–Kier alpha value is -1.22. The van der Waals surface area contributed by atoms with Gasteiger partial charge in [0.05, 0.1) is 0 Å². The molecule has 0 amide bonds. The van der Waals surface area contributed by atoms with Gasteiger partial charge in [0, 0.05) is 29.4 Å². The minimum Gasteiger partial charge on any atom is -0.352 e. The van der Waals surface area contributed by atoms with Gasteiger partial charge in [0.15, 0.2) is 0 Å². The van der Waals surface area contributed by atoms with Crippen molar-refractivity contribution in [3.8, 4) is 0 Å². The van der Waals surface area contributed by atoms with Crippen LogP contribution in [-0.2, 0) is 0 Å². The molecule has 0 aliphatic rings. The van der Waals surface area contributed by atoms with E-state index in [4.69, 9.17) is 12.2 Å². The number of aromatic amines is 1. The van der Waals surface area contributed by atoms with Crippen LogP contribution < -0.4 is 0 Å². The van der Waals surface area contributed by atoms with Crippen LogP contribution in [0.25, 0.3) is 10.8 Å². The SMILES string of the molecule is S=c1cc2cnccc2c[nH]1. The minimum absolute atomic E-state index is 0.741. The lowest BCUT2D eigenvalue weighted by Gasteiger charge is -1.93. The third-order valence-electron chi connectivity index (χ3n) is 1.54. The zero-order chi connectivity index (χ0) is 7.68. The first-order valence-electron chi connectivity index (χ1n) is 3.29. The molecule has 2 rings (SSSR count). The predicted molar refractivity (Wildman–Crippen MR) is 46.9 cm³/mol. The molecular weight excluding hydrogens is 156 g/mol. The predicted octanol–water partition coefficient (Wildman–Crippen LogP) is 2.29. The molecule has 0 aliphatic heterocycles. The van der Waals surface area contributed by atoms with Crippen molar-refractivity contribution in [3.05, 3.63) is 35.4 Å². The Labute approximate surface area is 68.9 Å². The molecule has 0 atom stereocenters. The van der Waals surface area contributed by atoms with E-state index in [-0.39, 0.29) is 0 Å². The van der Waals surface area contributed by atoms with Crippen molar-refractivity contribution in [1.82, 2.24) is 9.97 Å². The van der Waals surface area contributed by atoms with Crippen LogP contribution in [0, 0.1) is 4.64 Å². The highest BCUT2D eigenvalue weighted by molar-refractivity contribution is 7.71. The Kier molecular flexibility index (Phi) is 1.43. The van der Waals surface area contributed by atoms with Crippen molar-refractivity contribution < 1.29 is 0 Å². The smallest absolute Gasteiger partial charge is 0.103 e. The summed E-state index contributed by atoms with van der Waals surface area (Å²) in [5.74, 6) is 0. The highest BCUT2D eigenvalue weighted by atomic mass is 32.1. The average molecular weight is 162 g/mol. The molecule has 0 saturated heterocycles. The molecule has 0 fully saturated rings. The van der Waals surface area contributed by atoms with Gasteiger partial charge in [0.1, 0.15) is 4.64 Å². The molecule has 3 heteroatoms. The summed E-state index contributed by atoms with van der Waals surface area (Å²) in [6.45, 7) is 0. The van der Waals surface area contributed by atoms with Crippen molar-refractivity contribution in [3.63, 3.8) is 0 Å². The minimum atomic E-state index is 0.741. The van der Waals surface area contributed by atoms with Crippen LogP contribution in [-0.4, -0.2) is 9.97 Å². The molecule has 54 valence electrons. The van der Waals surface area contributed by atoms with Crippen LogP contribution in [0.4, 0.5) is 0 Å². The second kappa shape index (κ2) is 2.43. The maximum atomic E-state index is 4.96. The first-order chi connectivity index (χ1) is 5.36. The lowest BCUT2D eigenvalue weighted by molar-refractivity contribution is 1.30. The summed E-state index contributed by atoms with van der Waals surface area (Å²) < 4.78 is 0.741. The Balaban J connectivity index is 2.94. The van der Waals surface area contributed by atoms with Crippen LogP contribution in [0.3, 0.4) is 0 Å². The number of nitrogens with one attached hydrogen (secondary N) is 1. The van der Waals surface area contributed by atoms with Crippen molar-refractivity contribution >= 4 is 23.0 Å². The van der Waals surface area contributed by atoms with Crippen molar-refractivity contribution in [2.75, 3.05) is 0 Å². The van der Waals surface area contributed by atoms with Crippen LogP contribution in [0.15, 0.2) is 30.7 Å². The van der Waals surface area contributed by atoms with E-state index in [2.05, 4.69) is 9.97 Å². The molecule has 2 aromatic rings. The summed E-state index contributed by atoms with van der Waals surface area (Å²) >= 11 is 4.96. The van der Waals surface area contributed by atoms with Crippen molar-refractivity contribution in [2.24, 2.45) is 0 Å². The third-order valence-corrected chi connectivity index (χ3v) is 1.78. The molecular formula is C8H6N2S. The van der Waals surface area contributed by atoms with Gasteiger partial charge < -0.3 is 4.98 Å². The number of hydrogen-bond acceptors (Lipinski definition) is 2. The normalized spacial score (nSPS) is 10.2. The van der Waals surface area contributed by atoms with Crippen LogP contribution >= 0.6 is 12.2 Å². The molecule has 2 heterocycles. The van der Waals surface area contributed by atoms with Gasteiger partial charge in [-0.2, -0.15) is 0 Å². The van der Waals surface area contributed by atoms with Crippen molar-refractivity contribution in [1.29, 1.82) is 0 Å². The number of H-pyrrole nitrogens is 1. The number of rotatable bonds is 0. The van der Waals surface area contributed by atoms with Gasteiger partial charge in [0.25, 0.3) is 0 Å². The van der Waals surface area contributed by atoms with E-state index in [1.807, 2.05) is 18.3 Å². The van der Waals surface area contributed by atoms with Gasteiger partial charge >= 0.3 is 0 Å². The maximum Gasteiger partial charge on any atom is 0.103 e. The largest absolute Gasteiger partial charge is 0.352 e. The molecule has 0 unspecified atom stereocenters. The fourth-order valence-electron chi connectivity index (χ4n) is 1.00. The monoisotopic (exact) mass is 162 g/mol. The van der Waals surface area contributed by atoms with E-state index in [1.165, 1.54) is 0 Å². The molecule has 2 aromatic heterocycles. The van der Waals surface area contributed by atoms with Crippen LogP contribution in [0.5, 0.6) is 0 Å². The van der Waals surface area contributed by atoms with Gasteiger partial charge in [-0.25, -0.2) is 0 Å². The number of pyridine rings is 2. The Morgan fingerprint density at radius 1 is 1.36 bits per heavy atom. The van der Waals surface area contributed by atoms with E-state index < -0.39 is 0 Å². The molecule has 0 aromatic carbocycles. The molecule has 2 nitrogen and oxygen atoms in total. The van der Waals surface area contributed by atoms with Crippen LogP contribution in [0.1, 0.15) is 0 Å². The Morgan fingerprint density at radius 3 is 3.18 bits per heavy atom. The fraction of sp³-hybridized carbons (Fsp3) is 0. The molecule has 0 radical (unpaired) electrons.